The molecule has 0 heterocycles. The van der Waals surface area contributed by atoms with E-state index in [9.17, 15) is 20.1 Å². The molecule has 0 spiro atoms. The van der Waals surface area contributed by atoms with E-state index in [1.165, 1.54) is 116 Å². The topological polar surface area (TPSA) is 89.8 Å². The fourth-order valence-electron chi connectivity index (χ4n) is 5.07. The maximum Gasteiger partial charge on any atom is 0.249 e. The molecule has 0 fully saturated rings. The molecule has 0 aliphatic rings. The average Bonchev–Trinajstić information content (AvgIpc) is 2.90. The number of carbonyl (C=O) groups excluding carboxylic acids is 1. The summed E-state index contributed by atoms with van der Waals surface area (Å²) in [6.45, 7) is 4.19. The number of hydrogen-bond donors (Lipinski definition) is 4. The Bertz CT molecular complexity index is 474. The third-order valence-electron chi connectivity index (χ3n) is 7.73. The Kier molecular flexibility index (Phi) is 27.9. The molecule has 0 radical (unpaired) electrons. The fourth-order valence-corrected chi connectivity index (χ4v) is 5.07. The van der Waals surface area contributed by atoms with Crippen molar-refractivity contribution in [2.24, 2.45) is 0 Å². The zero-order valence-electron chi connectivity index (χ0n) is 24.9. The van der Waals surface area contributed by atoms with Crippen molar-refractivity contribution in [2.75, 3.05) is 6.61 Å². The highest BCUT2D eigenvalue weighted by Crippen LogP contribution is 2.15. The molecular formula is C32H65NO4. The van der Waals surface area contributed by atoms with Crippen LogP contribution in [0.25, 0.3) is 0 Å². The van der Waals surface area contributed by atoms with Crippen molar-refractivity contribution < 1.29 is 20.1 Å². The number of amides is 1. The minimum atomic E-state index is -1.06. The van der Waals surface area contributed by atoms with Crippen LogP contribution in [0.1, 0.15) is 174 Å². The molecule has 0 aromatic heterocycles. The summed E-state index contributed by atoms with van der Waals surface area (Å²) in [7, 11) is 0. The summed E-state index contributed by atoms with van der Waals surface area (Å²) in [6.07, 6.45) is 27.9. The molecule has 222 valence electrons. The SMILES string of the molecule is CCCCCCCCCCCCCCC[C@@H](O)[C@H](CO)NC(=O)[C@H](O)CCCCCCCCCCCC. The van der Waals surface area contributed by atoms with Crippen molar-refractivity contribution in [3.63, 3.8) is 0 Å². The number of unbranched alkanes of at least 4 members (excludes halogenated alkanes) is 21. The van der Waals surface area contributed by atoms with Gasteiger partial charge in [0.1, 0.15) is 6.10 Å². The minimum Gasteiger partial charge on any atom is -0.394 e. The van der Waals surface area contributed by atoms with Crippen LogP contribution in [0.15, 0.2) is 0 Å². The Morgan fingerprint density at radius 2 is 0.865 bits per heavy atom. The van der Waals surface area contributed by atoms with E-state index < -0.39 is 24.2 Å². The van der Waals surface area contributed by atoms with Gasteiger partial charge < -0.3 is 20.6 Å². The van der Waals surface area contributed by atoms with Crippen LogP contribution in [0, 0.1) is 0 Å². The lowest BCUT2D eigenvalue weighted by atomic mass is 10.0. The molecule has 5 nitrogen and oxygen atoms in total. The Morgan fingerprint density at radius 3 is 1.22 bits per heavy atom. The van der Waals surface area contributed by atoms with Gasteiger partial charge in [0.25, 0.3) is 0 Å². The zero-order valence-corrected chi connectivity index (χ0v) is 24.9. The van der Waals surface area contributed by atoms with E-state index in [0.29, 0.717) is 12.8 Å². The Hall–Kier alpha value is -0.650. The van der Waals surface area contributed by atoms with Gasteiger partial charge in [0.15, 0.2) is 0 Å². The molecular weight excluding hydrogens is 462 g/mol. The van der Waals surface area contributed by atoms with E-state index in [2.05, 4.69) is 19.2 Å². The highest BCUT2D eigenvalue weighted by Gasteiger charge is 2.23. The van der Waals surface area contributed by atoms with Crippen LogP contribution in [0.3, 0.4) is 0 Å². The van der Waals surface area contributed by atoms with E-state index in [-0.39, 0.29) is 6.61 Å². The third kappa shape index (κ3) is 24.1. The zero-order chi connectivity index (χ0) is 27.4. The second-order valence-electron chi connectivity index (χ2n) is 11.4. The molecule has 37 heavy (non-hydrogen) atoms. The molecule has 0 saturated heterocycles. The van der Waals surface area contributed by atoms with Crippen LogP contribution in [-0.4, -0.2) is 46.1 Å². The van der Waals surface area contributed by atoms with Crippen LogP contribution in [-0.2, 0) is 4.79 Å². The van der Waals surface area contributed by atoms with Crippen molar-refractivity contribution in [3.8, 4) is 0 Å². The van der Waals surface area contributed by atoms with E-state index in [1.54, 1.807) is 0 Å². The van der Waals surface area contributed by atoms with Crippen molar-refractivity contribution in [1.29, 1.82) is 0 Å². The Balaban J connectivity index is 3.71. The third-order valence-corrected chi connectivity index (χ3v) is 7.73. The molecule has 1 amide bonds. The molecule has 0 aliphatic carbocycles. The average molecular weight is 528 g/mol. The number of aliphatic hydroxyl groups excluding tert-OH is 3. The standard InChI is InChI=1S/C32H65NO4/c1-3-5-7-9-11-13-15-16-17-19-20-22-24-26-30(35)29(28-34)33-32(37)31(36)27-25-23-21-18-14-12-10-8-6-4-2/h29-31,34-36H,3-28H2,1-2H3,(H,33,37)/t29-,30+,31+/m0/s1. The summed E-state index contributed by atoms with van der Waals surface area (Å²) in [6, 6.07) is -0.702. The molecule has 0 unspecified atom stereocenters. The molecule has 4 N–H and O–H groups in total. The maximum atomic E-state index is 12.3. The molecule has 0 rings (SSSR count). The molecule has 3 atom stereocenters. The predicted molar refractivity (Wildman–Crippen MR) is 158 cm³/mol. The fraction of sp³-hybridized carbons (Fsp3) is 0.969. The van der Waals surface area contributed by atoms with Crippen molar-refractivity contribution in [2.45, 2.75) is 193 Å². The first kappa shape index (κ1) is 36.4. The van der Waals surface area contributed by atoms with E-state index >= 15 is 0 Å². The molecule has 0 bridgehead atoms. The van der Waals surface area contributed by atoms with Gasteiger partial charge in [0.2, 0.25) is 5.91 Å². The summed E-state index contributed by atoms with van der Waals surface area (Å²) in [5.41, 5.74) is 0. The van der Waals surface area contributed by atoms with Gasteiger partial charge in [-0.25, -0.2) is 0 Å². The first-order chi connectivity index (χ1) is 18.1. The second-order valence-corrected chi connectivity index (χ2v) is 11.4. The number of aliphatic hydroxyl groups is 3. The first-order valence-corrected chi connectivity index (χ1v) is 16.3. The summed E-state index contributed by atoms with van der Waals surface area (Å²) in [5.74, 6) is -0.473. The van der Waals surface area contributed by atoms with E-state index in [4.69, 9.17) is 0 Å². The monoisotopic (exact) mass is 527 g/mol. The van der Waals surface area contributed by atoms with Gasteiger partial charge in [-0.15, -0.1) is 0 Å². The van der Waals surface area contributed by atoms with E-state index in [0.717, 1.165) is 32.1 Å². The molecule has 0 aromatic rings. The number of carbonyl (C=O) groups is 1. The smallest absolute Gasteiger partial charge is 0.249 e. The highest BCUT2D eigenvalue weighted by atomic mass is 16.3. The van der Waals surface area contributed by atoms with Gasteiger partial charge in [-0.1, -0.05) is 162 Å². The van der Waals surface area contributed by atoms with Crippen LogP contribution in [0.5, 0.6) is 0 Å². The number of rotatable bonds is 29. The molecule has 5 heteroatoms. The lowest BCUT2D eigenvalue weighted by molar-refractivity contribution is -0.131. The lowest BCUT2D eigenvalue weighted by Gasteiger charge is -2.23. The largest absolute Gasteiger partial charge is 0.394 e. The van der Waals surface area contributed by atoms with Gasteiger partial charge in [0, 0.05) is 0 Å². The quantitative estimate of drug-likeness (QED) is 0.0742. The predicted octanol–water partition coefficient (Wildman–Crippen LogP) is 7.98. The molecule has 0 saturated carbocycles. The summed E-state index contributed by atoms with van der Waals surface area (Å²) in [4.78, 5) is 12.3. The van der Waals surface area contributed by atoms with Crippen LogP contribution in [0.4, 0.5) is 0 Å². The van der Waals surface area contributed by atoms with Gasteiger partial charge in [-0.3, -0.25) is 4.79 Å². The molecule has 0 aromatic carbocycles. The second kappa shape index (κ2) is 28.4. The number of hydrogen-bond acceptors (Lipinski definition) is 4. The van der Waals surface area contributed by atoms with Gasteiger partial charge >= 0.3 is 0 Å². The van der Waals surface area contributed by atoms with Crippen molar-refractivity contribution in [1.82, 2.24) is 5.32 Å². The van der Waals surface area contributed by atoms with Gasteiger partial charge in [-0.05, 0) is 12.8 Å². The van der Waals surface area contributed by atoms with Crippen LogP contribution in [0.2, 0.25) is 0 Å². The van der Waals surface area contributed by atoms with Crippen LogP contribution >= 0.6 is 0 Å². The molecule has 0 aliphatic heterocycles. The van der Waals surface area contributed by atoms with Crippen LogP contribution < -0.4 is 5.32 Å². The van der Waals surface area contributed by atoms with Crippen molar-refractivity contribution >= 4 is 5.91 Å². The normalized spacial score (nSPS) is 14.0. The number of nitrogens with one attached hydrogen (secondary N) is 1. The lowest BCUT2D eigenvalue weighted by Crippen LogP contribution is -2.49. The summed E-state index contributed by atoms with van der Waals surface area (Å²) >= 11 is 0. The summed E-state index contributed by atoms with van der Waals surface area (Å²) in [5, 5.41) is 32.9. The van der Waals surface area contributed by atoms with Gasteiger partial charge in [-0.2, -0.15) is 0 Å². The first-order valence-electron chi connectivity index (χ1n) is 16.3. The van der Waals surface area contributed by atoms with Gasteiger partial charge in [0.05, 0.1) is 18.8 Å². The van der Waals surface area contributed by atoms with Crippen molar-refractivity contribution in [3.05, 3.63) is 0 Å². The van der Waals surface area contributed by atoms with E-state index in [1.807, 2.05) is 0 Å². The maximum absolute atomic E-state index is 12.3. The summed E-state index contributed by atoms with van der Waals surface area (Å²) < 4.78 is 0. The minimum absolute atomic E-state index is 0.309. The highest BCUT2D eigenvalue weighted by molar-refractivity contribution is 5.80. The Morgan fingerprint density at radius 1 is 0.541 bits per heavy atom. The Labute approximate surface area is 230 Å².